The Morgan fingerprint density at radius 2 is 2.09 bits per heavy atom. The quantitative estimate of drug-likeness (QED) is 0.704. The van der Waals surface area contributed by atoms with E-state index in [1.54, 1.807) is 0 Å². The Hall–Kier alpha value is -1.38. The van der Waals surface area contributed by atoms with Crippen LogP contribution in [-0.2, 0) is 9.53 Å². The zero-order chi connectivity index (χ0) is 16.0. The van der Waals surface area contributed by atoms with Gasteiger partial charge >= 0.3 is 5.97 Å². The highest BCUT2D eigenvalue weighted by Gasteiger charge is 2.36. The minimum atomic E-state index is -0.422. The number of carbonyl (C=O) groups is 1. The van der Waals surface area contributed by atoms with Gasteiger partial charge in [0.2, 0.25) is 0 Å². The highest BCUT2D eigenvalue weighted by molar-refractivity contribution is 5.76. The lowest BCUT2D eigenvalue weighted by molar-refractivity contribution is -0.163. The van der Waals surface area contributed by atoms with E-state index in [0.717, 1.165) is 31.4 Å². The van der Waals surface area contributed by atoms with Gasteiger partial charge in [0.05, 0.1) is 5.41 Å². The summed E-state index contributed by atoms with van der Waals surface area (Å²) >= 11 is 0. The Bertz CT molecular complexity index is 468. The lowest BCUT2D eigenvalue weighted by Crippen LogP contribution is -2.34. The van der Waals surface area contributed by atoms with E-state index in [1.165, 1.54) is 19.3 Å². The van der Waals surface area contributed by atoms with Gasteiger partial charge in [0, 0.05) is 11.9 Å². The first-order valence-electron chi connectivity index (χ1n) is 8.67. The maximum absolute atomic E-state index is 12.7. The van der Waals surface area contributed by atoms with Gasteiger partial charge in [0.1, 0.15) is 6.10 Å². The summed E-state index contributed by atoms with van der Waals surface area (Å²) in [5, 5.41) is 0. The molecule has 1 aliphatic carbocycles. The summed E-state index contributed by atoms with van der Waals surface area (Å²) in [7, 11) is 0. The summed E-state index contributed by atoms with van der Waals surface area (Å²) in [5.41, 5.74) is 0.627. The third kappa shape index (κ3) is 4.31. The van der Waals surface area contributed by atoms with Crippen LogP contribution in [0.2, 0.25) is 0 Å². The summed E-state index contributed by atoms with van der Waals surface area (Å²) in [6, 6.07) is 5.96. The van der Waals surface area contributed by atoms with Gasteiger partial charge in [-0.15, -0.1) is 0 Å². The molecule has 0 amide bonds. The van der Waals surface area contributed by atoms with Crippen LogP contribution in [0, 0.1) is 5.41 Å². The topological polar surface area (TPSA) is 39.2 Å². The first kappa shape index (κ1) is 17.0. The molecule has 0 spiro atoms. The molecule has 2 atom stereocenters. The molecule has 0 bridgehead atoms. The van der Waals surface area contributed by atoms with Crippen LogP contribution < -0.4 is 0 Å². The summed E-state index contributed by atoms with van der Waals surface area (Å²) in [6.07, 6.45) is 9.24. The van der Waals surface area contributed by atoms with Crippen LogP contribution in [0.4, 0.5) is 0 Å². The normalized spacial score (nSPS) is 20.1. The Labute approximate surface area is 134 Å². The molecule has 1 aromatic heterocycles. The van der Waals surface area contributed by atoms with E-state index >= 15 is 0 Å². The molecule has 1 heterocycles. The smallest absolute Gasteiger partial charge is 0.312 e. The molecular formula is C19H29NO2. The van der Waals surface area contributed by atoms with E-state index in [2.05, 4.69) is 18.8 Å². The molecule has 1 aliphatic rings. The second-order valence-corrected chi connectivity index (χ2v) is 6.94. The zero-order valence-electron chi connectivity index (χ0n) is 14.2. The van der Waals surface area contributed by atoms with Crippen molar-refractivity contribution in [3.8, 4) is 0 Å². The third-order valence-electron chi connectivity index (χ3n) is 5.05. The molecule has 3 heteroatoms. The number of aromatic nitrogens is 1. The van der Waals surface area contributed by atoms with Crippen molar-refractivity contribution in [3.63, 3.8) is 0 Å². The molecule has 0 aliphatic heterocycles. The largest absolute Gasteiger partial charge is 0.462 e. The van der Waals surface area contributed by atoms with E-state index in [1.807, 2.05) is 31.3 Å². The van der Waals surface area contributed by atoms with Crippen LogP contribution in [-0.4, -0.2) is 17.1 Å². The van der Waals surface area contributed by atoms with Gasteiger partial charge in [-0.25, -0.2) is 0 Å². The molecule has 2 rings (SSSR count). The number of rotatable bonds is 6. The summed E-state index contributed by atoms with van der Waals surface area (Å²) in [4.78, 5) is 17.1. The Morgan fingerprint density at radius 1 is 1.36 bits per heavy atom. The van der Waals surface area contributed by atoms with Gasteiger partial charge in [-0.2, -0.15) is 0 Å². The zero-order valence-corrected chi connectivity index (χ0v) is 14.2. The summed E-state index contributed by atoms with van der Waals surface area (Å²) in [5.74, 6) is 0.231. The molecule has 3 nitrogen and oxygen atoms in total. The number of pyridine rings is 1. The molecule has 0 aromatic carbocycles. The minimum absolute atomic E-state index is 0.0234. The monoisotopic (exact) mass is 303 g/mol. The Morgan fingerprint density at radius 3 is 2.68 bits per heavy atom. The molecule has 122 valence electrons. The predicted molar refractivity (Wildman–Crippen MR) is 88.6 cm³/mol. The van der Waals surface area contributed by atoms with Crippen LogP contribution >= 0.6 is 0 Å². The molecule has 22 heavy (non-hydrogen) atoms. The molecule has 0 N–H and O–H groups in total. The second kappa shape index (κ2) is 7.75. The standard InChI is InChI=1S/C19H29NO2/c1-4-19(3,14-15(2)17-12-8-9-13-20-17)18(21)22-16-10-6-5-7-11-16/h8-9,12-13,15-16H,4-7,10-11,14H2,1-3H3. The molecule has 0 radical (unpaired) electrons. The SMILES string of the molecule is CCC(C)(CC(C)c1ccccn1)C(=O)OC1CCCCC1. The predicted octanol–water partition coefficient (Wildman–Crippen LogP) is 4.87. The maximum atomic E-state index is 12.7. The number of hydrogen-bond donors (Lipinski definition) is 0. The molecule has 2 unspecified atom stereocenters. The maximum Gasteiger partial charge on any atom is 0.312 e. The molecule has 1 aromatic rings. The number of ether oxygens (including phenoxy) is 1. The van der Waals surface area contributed by atoms with Crippen molar-refractivity contribution in [3.05, 3.63) is 30.1 Å². The first-order chi connectivity index (χ1) is 10.5. The van der Waals surface area contributed by atoms with Crippen molar-refractivity contribution in [2.75, 3.05) is 0 Å². The van der Waals surface area contributed by atoms with Gasteiger partial charge in [-0.1, -0.05) is 26.3 Å². The van der Waals surface area contributed by atoms with E-state index in [0.29, 0.717) is 0 Å². The fourth-order valence-corrected chi connectivity index (χ4v) is 3.30. The second-order valence-electron chi connectivity index (χ2n) is 6.94. The average molecular weight is 303 g/mol. The number of esters is 1. The van der Waals surface area contributed by atoms with Crippen LogP contribution in [0.5, 0.6) is 0 Å². The fourth-order valence-electron chi connectivity index (χ4n) is 3.30. The van der Waals surface area contributed by atoms with E-state index < -0.39 is 5.41 Å². The van der Waals surface area contributed by atoms with E-state index in [-0.39, 0.29) is 18.0 Å². The number of hydrogen-bond acceptors (Lipinski definition) is 3. The molecular weight excluding hydrogens is 274 g/mol. The minimum Gasteiger partial charge on any atom is -0.462 e. The van der Waals surface area contributed by atoms with E-state index in [4.69, 9.17) is 4.74 Å². The summed E-state index contributed by atoms with van der Waals surface area (Å²) < 4.78 is 5.82. The van der Waals surface area contributed by atoms with Gasteiger partial charge < -0.3 is 4.74 Å². The van der Waals surface area contributed by atoms with Gasteiger partial charge in [-0.05, 0) is 63.5 Å². The van der Waals surface area contributed by atoms with Crippen molar-refractivity contribution >= 4 is 5.97 Å². The Kier molecular flexibility index (Phi) is 5.98. The number of carbonyl (C=O) groups excluding carboxylic acids is 1. The third-order valence-corrected chi connectivity index (χ3v) is 5.05. The van der Waals surface area contributed by atoms with Crippen molar-refractivity contribution in [1.29, 1.82) is 0 Å². The van der Waals surface area contributed by atoms with Gasteiger partial charge in [0.25, 0.3) is 0 Å². The van der Waals surface area contributed by atoms with E-state index in [9.17, 15) is 4.79 Å². The van der Waals surface area contributed by atoms with Gasteiger partial charge in [0.15, 0.2) is 0 Å². The molecule has 0 saturated heterocycles. The average Bonchev–Trinajstić information content (AvgIpc) is 2.56. The Balaban J connectivity index is 1.98. The van der Waals surface area contributed by atoms with Crippen molar-refractivity contribution in [1.82, 2.24) is 4.98 Å². The van der Waals surface area contributed by atoms with Crippen molar-refractivity contribution < 1.29 is 9.53 Å². The lowest BCUT2D eigenvalue weighted by atomic mass is 9.78. The fraction of sp³-hybridized carbons (Fsp3) is 0.684. The van der Waals surface area contributed by atoms with Crippen LogP contribution in [0.15, 0.2) is 24.4 Å². The van der Waals surface area contributed by atoms with Crippen molar-refractivity contribution in [2.24, 2.45) is 5.41 Å². The first-order valence-corrected chi connectivity index (χ1v) is 8.67. The summed E-state index contributed by atoms with van der Waals surface area (Å²) in [6.45, 7) is 6.26. The number of nitrogens with zero attached hydrogens (tertiary/aromatic N) is 1. The van der Waals surface area contributed by atoms with Gasteiger partial charge in [-0.3, -0.25) is 9.78 Å². The lowest BCUT2D eigenvalue weighted by Gasteiger charge is -2.32. The van der Waals surface area contributed by atoms with Crippen molar-refractivity contribution in [2.45, 2.75) is 77.7 Å². The highest BCUT2D eigenvalue weighted by atomic mass is 16.5. The van der Waals surface area contributed by atoms with Crippen LogP contribution in [0.3, 0.4) is 0 Å². The highest BCUT2D eigenvalue weighted by Crippen LogP contribution is 2.36. The molecule has 1 saturated carbocycles. The van der Waals surface area contributed by atoms with Crippen LogP contribution in [0.25, 0.3) is 0 Å². The van der Waals surface area contributed by atoms with Crippen LogP contribution in [0.1, 0.15) is 77.3 Å². The molecule has 1 fully saturated rings.